The summed E-state index contributed by atoms with van der Waals surface area (Å²) in [4.78, 5) is 11.3. The highest BCUT2D eigenvalue weighted by molar-refractivity contribution is 7.89. The molecule has 0 aromatic heterocycles. The van der Waals surface area contributed by atoms with Gasteiger partial charge in [0.25, 0.3) is 5.91 Å². The van der Waals surface area contributed by atoms with Crippen molar-refractivity contribution in [2.24, 2.45) is 0 Å². The molecule has 5 nitrogen and oxygen atoms in total. The maximum absolute atomic E-state index is 13.5. The molecular formula is C21H20ClF3N2O3S. The lowest BCUT2D eigenvalue weighted by atomic mass is 10.1. The summed E-state index contributed by atoms with van der Waals surface area (Å²) in [6, 6.07) is 8.96. The summed E-state index contributed by atoms with van der Waals surface area (Å²) in [6.07, 6.45) is -1.78. The number of hydrogen-bond donors (Lipinski definition) is 1. The summed E-state index contributed by atoms with van der Waals surface area (Å²) in [5.41, 5.74) is -0.243. The number of carbonyl (C=O) groups excluding carboxylic acids is 1. The van der Waals surface area contributed by atoms with Crippen LogP contribution < -0.4 is 5.32 Å². The Hall–Kier alpha value is -2.10. The normalized spacial score (nSPS) is 17.1. The number of benzene rings is 2. The fraction of sp³-hybridized carbons (Fsp3) is 0.381. The Labute approximate surface area is 183 Å². The van der Waals surface area contributed by atoms with Crippen molar-refractivity contribution in [2.45, 2.75) is 55.4 Å². The molecule has 2 fully saturated rings. The minimum atomic E-state index is -4.86. The van der Waals surface area contributed by atoms with Crippen LogP contribution in [-0.4, -0.2) is 30.7 Å². The van der Waals surface area contributed by atoms with E-state index in [-0.39, 0.29) is 29.6 Å². The quantitative estimate of drug-likeness (QED) is 0.640. The van der Waals surface area contributed by atoms with Crippen LogP contribution in [0.15, 0.2) is 47.4 Å². The lowest BCUT2D eigenvalue weighted by Crippen LogP contribution is -2.34. The van der Waals surface area contributed by atoms with E-state index in [2.05, 4.69) is 5.32 Å². The number of alkyl halides is 3. The molecule has 10 heteroatoms. The lowest BCUT2D eigenvalue weighted by Gasteiger charge is -2.24. The summed E-state index contributed by atoms with van der Waals surface area (Å²) < 4.78 is 68.0. The molecule has 0 aliphatic heterocycles. The fourth-order valence-corrected chi connectivity index (χ4v) is 5.33. The van der Waals surface area contributed by atoms with Crippen LogP contribution in [0.4, 0.5) is 13.2 Å². The predicted octanol–water partition coefficient (Wildman–Crippen LogP) is 4.60. The average molecular weight is 473 g/mol. The van der Waals surface area contributed by atoms with Gasteiger partial charge in [-0.1, -0.05) is 23.7 Å². The number of nitrogens with one attached hydrogen (secondary N) is 1. The summed E-state index contributed by atoms with van der Waals surface area (Å²) >= 11 is 5.69. The fourth-order valence-electron chi connectivity index (χ4n) is 3.29. The molecule has 0 bridgehead atoms. The zero-order valence-corrected chi connectivity index (χ0v) is 17.9. The Balaban J connectivity index is 1.60. The van der Waals surface area contributed by atoms with Gasteiger partial charge in [0.1, 0.15) is 0 Å². The maximum Gasteiger partial charge on any atom is 0.417 e. The van der Waals surface area contributed by atoms with Gasteiger partial charge in [0.15, 0.2) is 0 Å². The molecule has 2 aliphatic carbocycles. The topological polar surface area (TPSA) is 66.5 Å². The van der Waals surface area contributed by atoms with Crippen LogP contribution in [-0.2, 0) is 22.7 Å². The molecule has 0 spiro atoms. The van der Waals surface area contributed by atoms with E-state index in [0.717, 1.165) is 29.3 Å². The Morgan fingerprint density at radius 2 is 1.71 bits per heavy atom. The zero-order valence-electron chi connectivity index (χ0n) is 16.3. The molecule has 0 atom stereocenters. The smallest absolute Gasteiger partial charge is 0.349 e. The summed E-state index contributed by atoms with van der Waals surface area (Å²) in [7, 11) is -4.43. The number of sulfonamides is 1. The van der Waals surface area contributed by atoms with Crippen LogP contribution in [0, 0.1) is 0 Å². The van der Waals surface area contributed by atoms with Gasteiger partial charge in [-0.2, -0.15) is 17.5 Å². The van der Waals surface area contributed by atoms with Crippen LogP contribution in [0.1, 0.15) is 47.2 Å². The second-order valence-electron chi connectivity index (χ2n) is 7.86. The Kier molecular flexibility index (Phi) is 5.78. The van der Waals surface area contributed by atoms with Crippen LogP contribution in [0.2, 0.25) is 5.02 Å². The summed E-state index contributed by atoms with van der Waals surface area (Å²) in [5.74, 6) is -0.197. The first-order valence-corrected chi connectivity index (χ1v) is 11.7. The second-order valence-corrected chi connectivity index (χ2v) is 10.2. The molecule has 2 aromatic carbocycles. The van der Waals surface area contributed by atoms with Crippen molar-refractivity contribution in [2.75, 3.05) is 0 Å². The van der Waals surface area contributed by atoms with Gasteiger partial charge in [0, 0.05) is 29.2 Å². The summed E-state index contributed by atoms with van der Waals surface area (Å²) in [6.45, 7) is -0.0859. The first kappa shape index (κ1) is 22.1. The van der Waals surface area contributed by atoms with Crippen LogP contribution in [0.5, 0.6) is 0 Å². The van der Waals surface area contributed by atoms with E-state index in [1.165, 1.54) is 0 Å². The molecule has 0 heterocycles. The molecule has 0 unspecified atom stereocenters. The van der Waals surface area contributed by atoms with Crippen molar-refractivity contribution < 1.29 is 26.4 Å². The first-order chi connectivity index (χ1) is 14.6. The number of halogens is 4. The third-order valence-corrected chi connectivity index (χ3v) is 7.45. The minimum absolute atomic E-state index is 0.0859. The van der Waals surface area contributed by atoms with Crippen molar-refractivity contribution >= 4 is 27.5 Å². The number of amides is 1. The lowest BCUT2D eigenvalue weighted by molar-refractivity contribution is -0.139. The SMILES string of the molecule is O=C(NC1CC1)c1ccc(CN(C2CC2)S(=O)(=O)c2ccc(Cl)cc2C(F)(F)F)cc1. The largest absolute Gasteiger partial charge is 0.417 e. The standard InChI is InChI=1S/C21H20ClF3N2O3S/c22-15-5-10-19(18(11-15)21(23,24)25)31(29,30)27(17-8-9-17)12-13-1-3-14(4-2-13)20(28)26-16-6-7-16/h1-5,10-11,16-17H,6-9,12H2,(H,26,28). The number of rotatable bonds is 7. The van der Waals surface area contributed by atoms with E-state index in [1.807, 2.05) is 0 Å². The minimum Gasteiger partial charge on any atom is -0.349 e. The first-order valence-electron chi connectivity index (χ1n) is 9.84. The highest BCUT2D eigenvalue weighted by atomic mass is 35.5. The van der Waals surface area contributed by atoms with Gasteiger partial charge in [0.05, 0.1) is 10.5 Å². The highest BCUT2D eigenvalue weighted by Crippen LogP contribution is 2.40. The van der Waals surface area contributed by atoms with E-state index >= 15 is 0 Å². The highest BCUT2D eigenvalue weighted by Gasteiger charge is 2.43. The Morgan fingerprint density at radius 1 is 1.06 bits per heavy atom. The van der Waals surface area contributed by atoms with Crippen molar-refractivity contribution in [3.63, 3.8) is 0 Å². The third-order valence-electron chi connectivity index (χ3n) is 5.25. The summed E-state index contributed by atoms with van der Waals surface area (Å²) in [5, 5.41) is 2.68. The Bertz CT molecular complexity index is 1100. The molecule has 2 aliphatic rings. The average Bonchev–Trinajstić information content (AvgIpc) is 3.60. The molecule has 2 saturated carbocycles. The molecule has 31 heavy (non-hydrogen) atoms. The molecule has 1 N–H and O–H groups in total. The number of carbonyl (C=O) groups is 1. The Morgan fingerprint density at radius 3 is 2.26 bits per heavy atom. The van der Waals surface area contributed by atoms with Crippen molar-refractivity contribution in [1.29, 1.82) is 0 Å². The van der Waals surface area contributed by atoms with Crippen molar-refractivity contribution in [1.82, 2.24) is 9.62 Å². The van der Waals surface area contributed by atoms with Crippen LogP contribution in [0.25, 0.3) is 0 Å². The molecule has 0 saturated heterocycles. The van der Waals surface area contributed by atoms with E-state index in [4.69, 9.17) is 11.6 Å². The zero-order chi connectivity index (χ0) is 22.4. The van der Waals surface area contributed by atoms with Gasteiger partial charge in [-0.25, -0.2) is 8.42 Å². The number of hydrogen-bond acceptors (Lipinski definition) is 3. The second kappa shape index (κ2) is 8.11. The van der Waals surface area contributed by atoms with E-state index in [0.29, 0.717) is 30.0 Å². The van der Waals surface area contributed by atoms with Crippen molar-refractivity contribution in [3.8, 4) is 0 Å². The van der Waals surface area contributed by atoms with Crippen LogP contribution in [0.3, 0.4) is 0 Å². The molecule has 1 amide bonds. The van der Waals surface area contributed by atoms with Gasteiger partial charge < -0.3 is 5.32 Å². The van der Waals surface area contributed by atoms with Gasteiger partial charge in [-0.15, -0.1) is 0 Å². The van der Waals surface area contributed by atoms with E-state index in [1.54, 1.807) is 24.3 Å². The third kappa shape index (κ3) is 5.05. The van der Waals surface area contributed by atoms with E-state index in [9.17, 15) is 26.4 Å². The molecule has 4 rings (SSSR count). The van der Waals surface area contributed by atoms with Gasteiger partial charge in [-0.3, -0.25) is 4.79 Å². The monoisotopic (exact) mass is 472 g/mol. The van der Waals surface area contributed by atoms with Crippen LogP contribution >= 0.6 is 11.6 Å². The van der Waals surface area contributed by atoms with Crippen molar-refractivity contribution in [3.05, 3.63) is 64.2 Å². The molecule has 166 valence electrons. The van der Waals surface area contributed by atoms with Gasteiger partial charge in [0.2, 0.25) is 10.0 Å². The predicted molar refractivity (Wildman–Crippen MR) is 109 cm³/mol. The maximum atomic E-state index is 13.5. The van der Waals surface area contributed by atoms with Gasteiger partial charge >= 0.3 is 6.18 Å². The number of nitrogens with zero attached hydrogens (tertiary/aromatic N) is 1. The van der Waals surface area contributed by atoms with Gasteiger partial charge in [-0.05, 0) is 61.6 Å². The molecule has 0 radical (unpaired) electrons. The van der Waals surface area contributed by atoms with E-state index < -0.39 is 26.7 Å². The molecule has 2 aromatic rings. The molecular weight excluding hydrogens is 453 g/mol.